The van der Waals surface area contributed by atoms with Gasteiger partial charge >= 0.3 is 16.1 Å². The van der Waals surface area contributed by atoms with Crippen molar-refractivity contribution in [3.63, 3.8) is 0 Å². The fraction of sp³-hybridized carbons (Fsp3) is 0.222. The first-order valence-electron chi connectivity index (χ1n) is 8.65. The van der Waals surface area contributed by atoms with Crippen molar-refractivity contribution in [3.8, 4) is 17.2 Å². The predicted octanol–water partition coefficient (Wildman–Crippen LogP) is 2.41. The predicted molar refractivity (Wildman–Crippen MR) is 107 cm³/mol. The first-order chi connectivity index (χ1) is 14.4. The topological polar surface area (TPSA) is 142 Å². The summed E-state index contributed by atoms with van der Waals surface area (Å²) in [7, 11) is -7.52. The first-order valence-corrected chi connectivity index (χ1v) is 12.4. The summed E-state index contributed by atoms with van der Waals surface area (Å²) in [6, 6.07) is 4.91. The minimum absolute atomic E-state index is 0.00513. The van der Waals surface area contributed by atoms with Gasteiger partial charge in [0.15, 0.2) is 32.1 Å². The minimum atomic E-state index is -4.01. The maximum absolute atomic E-state index is 14.8. The van der Waals surface area contributed by atoms with Gasteiger partial charge in [-0.05, 0) is 25.1 Å². The second-order valence-corrected chi connectivity index (χ2v) is 9.91. The molecule has 0 aliphatic heterocycles. The summed E-state index contributed by atoms with van der Waals surface area (Å²) >= 11 is 0. The number of esters is 1. The zero-order chi connectivity index (χ0) is 23.0. The van der Waals surface area contributed by atoms with Crippen molar-refractivity contribution in [2.45, 2.75) is 11.9 Å². The number of nitrogens with one attached hydrogen (secondary N) is 1. The van der Waals surface area contributed by atoms with Crippen molar-refractivity contribution in [1.29, 1.82) is 0 Å². The van der Waals surface area contributed by atoms with Crippen LogP contribution in [0.3, 0.4) is 0 Å². The van der Waals surface area contributed by atoms with Crippen LogP contribution in [0.4, 0.5) is 4.39 Å². The van der Waals surface area contributed by atoms with Gasteiger partial charge in [-0.2, -0.15) is 8.42 Å². The molecule has 31 heavy (non-hydrogen) atoms. The zero-order valence-corrected chi connectivity index (χ0v) is 18.1. The van der Waals surface area contributed by atoms with Crippen LogP contribution in [0.5, 0.6) is 17.2 Å². The number of aromatic amines is 1. The average Bonchev–Trinajstić information content (AvgIpc) is 2.98. The van der Waals surface area contributed by atoms with Crippen molar-refractivity contribution in [2.24, 2.45) is 0 Å². The van der Waals surface area contributed by atoms with Gasteiger partial charge in [0.25, 0.3) is 0 Å². The van der Waals surface area contributed by atoms with Crippen LogP contribution < -0.4 is 8.92 Å². The molecule has 3 rings (SSSR count). The van der Waals surface area contributed by atoms with Crippen molar-refractivity contribution < 1.29 is 39.7 Å². The summed E-state index contributed by atoms with van der Waals surface area (Å²) in [6.45, 7) is 1.55. The molecular weight excluding hydrogens is 455 g/mol. The fourth-order valence-corrected chi connectivity index (χ4v) is 3.64. The highest BCUT2D eigenvalue weighted by Gasteiger charge is 2.24. The molecule has 3 aromatic rings. The monoisotopic (exact) mass is 472 g/mol. The molecule has 0 saturated carbocycles. The van der Waals surface area contributed by atoms with Gasteiger partial charge < -0.3 is 18.6 Å². The van der Waals surface area contributed by atoms with Gasteiger partial charge in [0.1, 0.15) is 11.5 Å². The van der Waals surface area contributed by atoms with Crippen molar-refractivity contribution in [2.75, 3.05) is 19.1 Å². The molecule has 166 valence electrons. The Bertz CT molecular complexity index is 1360. The van der Waals surface area contributed by atoms with E-state index in [0.29, 0.717) is 0 Å². The van der Waals surface area contributed by atoms with Crippen molar-refractivity contribution >= 4 is 36.8 Å². The third-order valence-corrected chi connectivity index (χ3v) is 5.31. The summed E-state index contributed by atoms with van der Waals surface area (Å²) in [6.07, 6.45) is 2.93. The second-order valence-electron chi connectivity index (χ2n) is 6.37. The van der Waals surface area contributed by atoms with Gasteiger partial charge in [-0.3, -0.25) is 0 Å². The minimum Gasteiger partial charge on any atom is -0.461 e. The summed E-state index contributed by atoms with van der Waals surface area (Å²) in [5.41, 5.74) is -0.601. The molecule has 0 atom stereocenters. The second kappa shape index (κ2) is 8.15. The number of pyridine rings is 1. The first kappa shape index (κ1) is 22.5. The Kier molecular flexibility index (Phi) is 5.91. The average molecular weight is 472 g/mol. The van der Waals surface area contributed by atoms with Gasteiger partial charge in [0, 0.05) is 17.7 Å². The fourth-order valence-electron chi connectivity index (χ4n) is 2.62. The molecule has 0 unspecified atom stereocenters. The highest BCUT2D eigenvalue weighted by molar-refractivity contribution is 7.90. The Morgan fingerprint density at radius 3 is 2.39 bits per heavy atom. The zero-order valence-electron chi connectivity index (χ0n) is 16.5. The maximum Gasteiger partial charge on any atom is 0.357 e. The quantitative estimate of drug-likeness (QED) is 0.405. The molecule has 0 spiro atoms. The molecule has 0 amide bonds. The molecule has 1 aromatic carbocycles. The van der Waals surface area contributed by atoms with E-state index in [9.17, 15) is 26.0 Å². The lowest BCUT2D eigenvalue weighted by molar-refractivity contribution is 0.0515. The van der Waals surface area contributed by atoms with Crippen LogP contribution >= 0.6 is 0 Å². The van der Waals surface area contributed by atoms with Crippen LogP contribution in [0.25, 0.3) is 10.9 Å². The van der Waals surface area contributed by atoms with Crippen LogP contribution in [0.15, 0.2) is 35.5 Å². The van der Waals surface area contributed by atoms with Crippen molar-refractivity contribution in [1.82, 2.24) is 9.97 Å². The SMILES string of the molecule is CCOC(=O)c1[nH]c2c(OS(C)(=O)=O)cc(Oc3ccc(S(C)(=O)=O)nc3)cc2c1F. The molecule has 0 aliphatic rings. The Hall–Kier alpha value is -3.19. The van der Waals surface area contributed by atoms with E-state index in [-0.39, 0.29) is 39.8 Å². The van der Waals surface area contributed by atoms with E-state index in [1.165, 1.54) is 24.3 Å². The van der Waals surface area contributed by atoms with Crippen LogP contribution in [-0.4, -0.2) is 51.9 Å². The van der Waals surface area contributed by atoms with E-state index < -0.39 is 37.4 Å². The van der Waals surface area contributed by atoms with Crippen LogP contribution in [0.1, 0.15) is 17.4 Å². The van der Waals surface area contributed by atoms with Gasteiger partial charge in [0.2, 0.25) is 0 Å². The Morgan fingerprint density at radius 2 is 1.84 bits per heavy atom. The van der Waals surface area contributed by atoms with E-state index in [2.05, 4.69) is 9.97 Å². The lowest BCUT2D eigenvalue weighted by Crippen LogP contribution is -2.07. The smallest absolute Gasteiger partial charge is 0.357 e. The molecule has 13 heteroatoms. The summed E-state index contributed by atoms with van der Waals surface area (Å²) in [5, 5.41) is -0.355. The lowest BCUT2D eigenvalue weighted by Gasteiger charge is -2.09. The molecule has 0 fully saturated rings. The molecule has 2 aromatic heterocycles. The molecule has 10 nitrogen and oxygen atoms in total. The van der Waals surface area contributed by atoms with E-state index >= 15 is 0 Å². The molecule has 2 heterocycles. The maximum atomic E-state index is 14.8. The number of benzene rings is 1. The molecular formula is C18H17FN2O8S2. The summed E-state index contributed by atoms with van der Waals surface area (Å²) in [4.78, 5) is 18.2. The molecule has 0 radical (unpaired) electrons. The van der Waals surface area contributed by atoms with Gasteiger partial charge in [0.05, 0.1) is 24.6 Å². The number of fused-ring (bicyclic) bond motifs is 1. The van der Waals surface area contributed by atoms with E-state index in [0.717, 1.165) is 18.7 Å². The number of hydrogen-bond acceptors (Lipinski definition) is 9. The number of H-pyrrole nitrogens is 1. The van der Waals surface area contributed by atoms with E-state index in [4.69, 9.17) is 13.7 Å². The number of aromatic nitrogens is 2. The number of nitrogens with zero attached hydrogens (tertiary/aromatic N) is 1. The molecule has 0 aliphatic carbocycles. The number of hydrogen-bond donors (Lipinski definition) is 1. The van der Waals surface area contributed by atoms with Crippen LogP contribution in [0.2, 0.25) is 0 Å². The van der Waals surface area contributed by atoms with Gasteiger partial charge in [-0.15, -0.1) is 0 Å². The Labute approximate surface area is 177 Å². The standard InChI is InChI=1S/C18H17FN2O8S2/c1-4-27-18(22)17-15(19)12-7-11(8-13(16(12)21-17)29-31(3,25)26)28-10-5-6-14(20-9-10)30(2,23)24/h5-9,21H,4H2,1-3H3. The normalized spacial score (nSPS) is 12.0. The van der Waals surface area contributed by atoms with Crippen LogP contribution in [-0.2, 0) is 24.7 Å². The number of rotatable bonds is 7. The van der Waals surface area contributed by atoms with E-state index in [1.807, 2.05) is 0 Å². The van der Waals surface area contributed by atoms with E-state index in [1.54, 1.807) is 6.92 Å². The summed E-state index contributed by atoms with van der Waals surface area (Å²) in [5.74, 6) is -2.22. The molecule has 1 N–H and O–H groups in total. The molecule has 0 bridgehead atoms. The largest absolute Gasteiger partial charge is 0.461 e. The number of carbonyl (C=O) groups excluding carboxylic acids is 1. The number of sulfone groups is 1. The molecule has 0 saturated heterocycles. The number of carbonyl (C=O) groups is 1. The lowest BCUT2D eigenvalue weighted by atomic mass is 10.2. The van der Waals surface area contributed by atoms with Crippen molar-refractivity contribution in [3.05, 3.63) is 42.0 Å². The highest BCUT2D eigenvalue weighted by Crippen LogP contribution is 2.36. The third kappa shape index (κ3) is 5.11. The highest BCUT2D eigenvalue weighted by atomic mass is 32.2. The van der Waals surface area contributed by atoms with Gasteiger partial charge in [-0.1, -0.05) is 0 Å². The summed E-state index contributed by atoms with van der Waals surface area (Å²) < 4.78 is 76.4. The third-order valence-electron chi connectivity index (χ3n) is 3.83. The number of ether oxygens (including phenoxy) is 2. The Morgan fingerprint density at radius 1 is 1.13 bits per heavy atom. The van der Waals surface area contributed by atoms with Gasteiger partial charge in [-0.25, -0.2) is 22.6 Å². The number of halogens is 1. The van der Waals surface area contributed by atoms with Crippen LogP contribution in [0, 0.1) is 5.82 Å². The Balaban J connectivity index is 2.09.